The Bertz CT molecular complexity index is 738. The van der Waals surface area contributed by atoms with Crippen molar-refractivity contribution in [3.8, 4) is 0 Å². The van der Waals surface area contributed by atoms with Gasteiger partial charge in [0.1, 0.15) is 0 Å². The molecule has 142 valence electrons. The Morgan fingerprint density at radius 3 is 2.31 bits per heavy atom. The summed E-state index contributed by atoms with van der Waals surface area (Å²) in [5.74, 6) is -2.01. The van der Waals surface area contributed by atoms with E-state index in [4.69, 9.17) is 9.66 Å². The molecule has 0 radical (unpaired) electrons. The predicted octanol–water partition coefficient (Wildman–Crippen LogP) is 2.15. The molecule has 26 heavy (non-hydrogen) atoms. The number of carboxylic acids is 1. The second kappa shape index (κ2) is 12.6. The number of aliphatic carboxylic acids is 1. The van der Waals surface area contributed by atoms with Crippen LogP contribution in [0.25, 0.3) is 6.08 Å². The van der Waals surface area contributed by atoms with Gasteiger partial charge in [-0.1, -0.05) is 62.1 Å². The van der Waals surface area contributed by atoms with E-state index in [1.807, 2.05) is 36.4 Å². The number of amides is 1. The Balaban J connectivity index is 0.00000110. The average molecular weight is 381 g/mol. The van der Waals surface area contributed by atoms with Gasteiger partial charge in [-0.05, 0) is 11.5 Å². The molecule has 0 aliphatic rings. The SMILES string of the molecule is C=CC(=O)O.CC(CNC(=O)C=CC=Cc1ccccc1)CS(=O)(=O)O. The van der Waals surface area contributed by atoms with E-state index < -0.39 is 16.1 Å². The Hall–Kier alpha value is -2.71. The number of carboxylic acid groups (broad SMARTS) is 1. The lowest BCUT2D eigenvalue weighted by molar-refractivity contribution is -0.131. The third-order valence-electron chi connectivity index (χ3n) is 2.74. The van der Waals surface area contributed by atoms with Crippen molar-refractivity contribution < 1.29 is 27.7 Å². The first-order valence-corrected chi connectivity index (χ1v) is 9.23. The summed E-state index contributed by atoms with van der Waals surface area (Å²) in [5, 5.41) is 10.2. The summed E-state index contributed by atoms with van der Waals surface area (Å²) in [4.78, 5) is 20.7. The zero-order chi connectivity index (χ0) is 20.0. The summed E-state index contributed by atoms with van der Waals surface area (Å²) in [6, 6.07) is 9.66. The second-order valence-electron chi connectivity index (χ2n) is 5.27. The van der Waals surface area contributed by atoms with Gasteiger partial charge in [-0.3, -0.25) is 9.35 Å². The van der Waals surface area contributed by atoms with E-state index in [0.29, 0.717) is 0 Å². The maximum Gasteiger partial charge on any atom is 0.327 e. The van der Waals surface area contributed by atoms with Gasteiger partial charge in [0.05, 0.1) is 5.75 Å². The van der Waals surface area contributed by atoms with Gasteiger partial charge < -0.3 is 10.4 Å². The molecule has 0 spiro atoms. The quantitative estimate of drug-likeness (QED) is 0.360. The lowest BCUT2D eigenvalue weighted by atomic mass is 10.2. The van der Waals surface area contributed by atoms with E-state index in [1.165, 1.54) is 6.08 Å². The van der Waals surface area contributed by atoms with Crippen molar-refractivity contribution >= 4 is 28.1 Å². The highest BCUT2D eigenvalue weighted by molar-refractivity contribution is 7.85. The fourth-order valence-corrected chi connectivity index (χ4v) is 2.46. The van der Waals surface area contributed by atoms with Crippen LogP contribution in [0.4, 0.5) is 0 Å². The first-order valence-electron chi connectivity index (χ1n) is 7.62. The Labute approximate surface area is 153 Å². The number of nitrogens with one attached hydrogen (secondary N) is 1. The highest BCUT2D eigenvalue weighted by atomic mass is 32.2. The molecule has 1 aromatic carbocycles. The Morgan fingerprint density at radius 2 is 1.81 bits per heavy atom. The summed E-state index contributed by atoms with van der Waals surface area (Å²) < 4.78 is 30.0. The largest absolute Gasteiger partial charge is 0.478 e. The highest BCUT2D eigenvalue weighted by Crippen LogP contribution is 2.01. The van der Waals surface area contributed by atoms with Crippen LogP contribution >= 0.6 is 0 Å². The molecule has 0 aromatic heterocycles. The number of hydrogen-bond acceptors (Lipinski definition) is 4. The van der Waals surface area contributed by atoms with Gasteiger partial charge >= 0.3 is 5.97 Å². The fraction of sp³-hybridized carbons (Fsp3) is 0.222. The number of allylic oxidation sites excluding steroid dienone is 2. The third-order valence-corrected chi connectivity index (χ3v) is 3.73. The smallest absolute Gasteiger partial charge is 0.327 e. The number of carbonyl (C=O) groups excluding carboxylic acids is 1. The van der Waals surface area contributed by atoms with E-state index in [-0.39, 0.29) is 24.1 Å². The van der Waals surface area contributed by atoms with Crippen LogP contribution in [0.3, 0.4) is 0 Å². The minimum Gasteiger partial charge on any atom is -0.478 e. The van der Waals surface area contributed by atoms with Crippen LogP contribution in [-0.2, 0) is 19.7 Å². The van der Waals surface area contributed by atoms with E-state index in [1.54, 1.807) is 19.1 Å². The first kappa shape index (κ1) is 23.3. The van der Waals surface area contributed by atoms with Gasteiger partial charge in [0.2, 0.25) is 5.91 Å². The van der Waals surface area contributed by atoms with Crippen molar-refractivity contribution in [2.75, 3.05) is 12.3 Å². The van der Waals surface area contributed by atoms with Crippen molar-refractivity contribution in [1.29, 1.82) is 0 Å². The molecule has 7 nitrogen and oxygen atoms in total. The molecule has 0 bridgehead atoms. The maximum atomic E-state index is 11.5. The van der Waals surface area contributed by atoms with Crippen LogP contribution in [0.1, 0.15) is 12.5 Å². The van der Waals surface area contributed by atoms with Crippen molar-refractivity contribution in [2.45, 2.75) is 6.92 Å². The normalized spacial score (nSPS) is 12.2. The van der Waals surface area contributed by atoms with Crippen LogP contribution in [-0.4, -0.2) is 42.3 Å². The minimum absolute atomic E-state index is 0.186. The summed E-state index contributed by atoms with van der Waals surface area (Å²) in [7, 11) is -4.00. The zero-order valence-corrected chi connectivity index (χ0v) is 15.2. The average Bonchev–Trinajstić information content (AvgIpc) is 2.57. The Morgan fingerprint density at radius 1 is 1.23 bits per heavy atom. The number of hydrogen-bond donors (Lipinski definition) is 3. The van der Waals surface area contributed by atoms with Crippen molar-refractivity contribution in [3.63, 3.8) is 0 Å². The maximum absolute atomic E-state index is 11.5. The number of benzene rings is 1. The van der Waals surface area contributed by atoms with Gasteiger partial charge in [-0.15, -0.1) is 0 Å². The summed E-state index contributed by atoms with van der Waals surface area (Å²) in [6.45, 7) is 4.78. The fourth-order valence-electron chi connectivity index (χ4n) is 1.63. The van der Waals surface area contributed by atoms with Crippen molar-refractivity contribution in [1.82, 2.24) is 5.32 Å². The standard InChI is InChI=1S/C15H19NO4S.C3H4O2/c1-13(12-21(18,19)20)11-16-15(17)10-6-5-9-14-7-3-2-4-8-14;1-2-3(4)5/h2-10,13H,11-12H2,1H3,(H,16,17)(H,18,19,20);2H,1H2,(H,4,5). The van der Waals surface area contributed by atoms with Crippen LogP contribution in [0.5, 0.6) is 0 Å². The van der Waals surface area contributed by atoms with Gasteiger partial charge in [0.15, 0.2) is 0 Å². The lowest BCUT2D eigenvalue weighted by Crippen LogP contribution is -2.29. The molecule has 0 aliphatic heterocycles. The van der Waals surface area contributed by atoms with Crippen molar-refractivity contribution in [2.24, 2.45) is 5.92 Å². The van der Waals surface area contributed by atoms with Gasteiger partial charge in [-0.25, -0.2) is 4.79 Å². The first-order chi connectivity index (χ1) is 12.1. The second-order valence-corrected chi connectivity index (χ2v) is 6.77. The summed E-state index contributed by atoms with van der Waals surface area (Å²) in [5.41, 5.74) is 1.03. The van der Waals surface area contributed by atoms with Crippen LogP contribution in [0.15, 0.2) is 61.2 Å². The van der Waals surface area contributed by atoms with Gasteiger partial charge in [0.25, 0.3) is 10.1 Å². The molecule has 0 saturated carbocycles. The topological polar surface area (TPSA) is 121 Å². The molecule has 0 heterocycles. The number of rotatable bonds is 8. The third kappa shape index (κ3) is 14.9. The molecule has 1 unspecified atom stereocenters. The minimum atomic E-state index is -4.00. The molecule has 3 N–H and O–H groups in total. The van der Waals surface area contributed by atoms with E-state index in [0.717, 1.165) is 11.6 Å². The van der Waals surface area contributed by atoms with Crippen LogP contribution < -0.4 is 5.32 Å². The summed E-state index contributed by atoms with van der Waals surface area (Å²) in [6.07, 6.45) is 7.41. The molecular weight excluding hydrogens is 358 g/mol. The highest BCUT2D eigenvalue weighted by Gasteiger charge is 2.12. The van der Waals surface area contributed by atoms with Crippen LogP contribution in [0, 0.1) is 5.92 Å². The predicted molar refractivity (Wildman–Crippen MR) is 101 cm³/mol. The van der Waals surface area contributed by atoms with E-state index in [2.05, 4.69) is 11.9 Å². The molecule has 0 fully saturated rings. The lowest BCUT2D eigenvalue weighted by Gasteiger charge is -2.09. The molecule has 0 saturated heterocycles. The summed E-state index contributed by atoms with van der Waals surface area (Å²) >= 11 is 0. The zero-order valence-electron chi connectivity index (χ0n) is 14.4. The van der Waals surface area contributed by atoms with E-state index >= 15 is 0 Å². The monoisotopic (exact) mass is 381 g/mol. The Kier molecular flexibility index (Phi) is 11.3. The molecule has 1 atom stereocenters. The van der Waals surface area contributed by atoms with Crippen molar-refractivity contribution in [3.05, 3.63) is 66.8 Å². The molecular formula is C18H23NO6S. The molecule has 1 rings (SSSR count). The number of carbonyl (C=O) groups is 2. The van der Waals surface area contributed by atoms with E-state index in [9.17, 15) is 18.0 Å². The molecule has 1 aromatic rings. The molecule has 0 aliphatic carbocycles. The van der Waals surface area contributed by atoms with Crippen LogP contribution in [0.2, 0.25) is 0 Å². The molecule has 1 amide bonds. The van der Waals surface area contributed by atoms with Gasteiger partial charge in [0, 0.05) is 18.7 Å². The molecule has 8 heteroatoms. The van der Waals surface area contributed by atoms with Gasteiger partial charge in [-0.2, -0.15) is 8.42 Å².